The lowest BCUT2D eigenvalue weighted by Crippen LogP contribution is -2.60. The molecule has 3 aromatic rings. The summed E-state index contributed by atoms with van der Waals surface area (Å²) in [6, 6.07) is 11.1. The molecule has 5 rings (SSSR count). The van der Waals surface area contributed by atoms with E-state index in [0.29, 0.717) is 18.5 Å². The summed E-state index contributed by atoms with van der Waals surface area (Å²) in [4.78, 5) is 41.3. The number of aromatic amines is 1. The van der Waals surface area contributed by atoms with Gasteiger partial charge in [-0.05, 0) is 17.7 Å². The van der Waals surface area contributed by atoms with Crippen LogP contribution in [0.2, 0.25) is 5.02 Å². The summed E-state index contributed by atoms with van der Waals surface area (Å²) >= 11 is 6.10. The summed E-state index contributed by atoms with van der Waals surface area (Å²) in [5.74, 6) is -0.510. The zero-order valence-corrected chi connectivity index (χ0v) is 16.9. The predicted molar refractivity (Wildman–Crippen MR) is 114 cm³/mol. The van der Waals surface area contributed by atoms with Gasteiger partial charge in [0.2, 0.25) is 5.91 Å². The zero-order valence-electron chi connectivity index (χ0n) is 16.1. The van der Waals surface area contributed by atoms with Crippen LogP contribution in [0.5, 0.6) is 0 Å². The number of hydrogen-bond donors (Lipinski definition) is 1. The third-order valence-corrected chi connectivity index (χ3v) is 6.02. The molecule has 1 atom stereocenters. The largest absolute Gasteiger partial charge is 0.357 e. The number of halogens is 1. The fourth-order valence-electron chi connectivity index (χ4n) is 4.13. The van der Waals surface area contributed by atoms with Crippen molar-refractivity contribution in [1.29, 1.82) is 0 Å². The Hall–Kier alpha value is -3.72. The Bertz CT molecular complexity index is 1280. The van der Waals surface area contributed by atoms with Gasteiger partial charge < -0.3 is 9.88 Å². The van der Waals surface area contributed by atoms with Gasteiger partial charge in [0.25, 0.3) is 11.6 Å². The Morgan fingerprint density at radius 3 is 2.81 bits per heavy atom. The molecular formula is C21H16ClN5O4. The van der Waals surface area contributed by atoms with Crippen LogP contribution in [0.25, 0.3) is 10.9 Å². The molecule has 2 aliphatic heterocycles. The first-order valence-electron chi connectivity index (χ1n) is 9.59. The number of nitrogens with one attached hydrogen (secondary N) is 1. The average Bonchev–Trinajstić information content (AvgIpc) is 3.12. The number of carbonyl (C=O) groups excluding carboxylic acids is 2. The summed E-state index contributed by atoms with van der Waals surface area (Å²) in [7, 11) is 0. The van der Waals surface area contributed by atoms with E-state index in [2.05, 4.69) is 10.1 Å². The number of para-hydroxylation sites is 1. The smallest absolute Gasteiger partial charge is 0.270 e. The maximum absolute atomic E-state index is 13.1. The molecule has 156 valence electrons. The number of carbonyl (C=O) groups is 2. The quantitative estimate of drug-likeness (QED) is 0.385. The fraction of sp³-hybridized carbons (Fsp3) is 0.190. The summed E-state index contributed by atoms with van der Waals surface area (Å²) in [5.41, 5.74) is 3.10. The van der Waals surface area contributed by atoms with Crippen LogP contribution in [0.3, 0.4) is 0 Å². The summed E-state index contributed by atoms with van der Waals surface area (Å²) < 4.78 is 0. The van der Waals surface area contributed by atoms with E-state index in [9.17, 15) is 19.7 Å². The Morgan fingerprint density at radius 2 is 2.00 bits per heavy atom. The van der Waals surface area contributed by atoms with Gasteiger partial charge in [-0.3, -0.25) is 19.7 Å². The second-order valence-electron chi connectivity index (χ2n) is 7.47. The predicted octanol–water partition coefficient (Wildman–Crippen LogP) is 2.86. The first-order chi connectivity index (χ1) is 14.9. The molecule has 3 heterocycles. The van der Waals surface area contributed by atoms with E-state index >= 15 is 0 Å². The van der Waals surface area contributed by atoms with Gasteiger partial charge in [-0.25, -0.2) is 5.01 Å². The number of hydrazone groups is 1. The fourth-order valence-corrected chi connectivity index (χ4v) is 4.30. The Morgan fingerprint density at radius 1 is 1.19 bits per heavy atom. The first-order valence-corrected chi connectivity index (χ1v) is 9.97. The van der Waals surface area contributed by atoms with Crippen molar-refractivity contribution in [3.63, 3.8) is 0 Å². The molecule has 1 N–H and O–H groups in total. The van der Waals surface area contributed by atoms with Crippen LogP contribution in [-0.2, 0) is 22.6 Å². The first kappa shape index (κ1) is 19.3. The Balaban J connectivity index is 1.44. The van der Waals surface area contributed by atoms with Crippen LogP contribution in [0, 0.1) is 10.1 Å². The maximum Gasteiger partial charge on any atom is 0.270 e. The molecule has 2 aromatic carbocycles. The van der Waals surface area contributed by atoms with Gasteiger partial charge >= 0.3 is 0 Å². The van der Waals surface area contributed by atoms with Crippen molar-refractivity contribution >= 4 is 46.2 Å². The number of hydrogen-bond acceptors (Lipinski definition) is 5. The van der Waals surface area contributed by atoms with Gasteiger partial charge in [-0.2, -0.15) is 5.10 Å². The van der Waals surface area contributed by atoms with Crippen molar-refractivity contribution in [1.82, 2.24) is 14.9 Å². The number of benzene rings is 2. The SMILES string of the molecule is O=C1[C@@H]2Cc3c([nH]c4ccccc34)CN2C(=O)CN1/N=C\c1cc([N+](=O)[O-])ccc1Cl. The van der Waals surface area contributed by atoms with Crippen molar-refractivity contribution in [2.45, 2.75) is 19.0 Å². The molecule has 9 nitrogen and oxygen atoms in total. The summed E-state index contributed by atoms with van der Waals surface area (Å²) in [6.45, 7) is 0.140. The standard InChI is InChI=1S/C21H16ClN5O4/c22-16-6-5-13(27(30)31)7-12(16)9-23-26-11-20(28)25-10-18-15(8-19(25)21(26)29)14-3-1-2-4-17(14)24-18/h1-7,9,19,24H,8,10-11H2/b23-9-/t19-/m0/s1. The highest BCUT2D eigenvalue weighted by Gasteiger charge is 2.43. The van der Waals surface area contributed by atoms with E-state index < -0.39 is 11.0 Å². The normalized spacial score (nSPS) is 18.5. The number of piperazine rings is 1. The lowest BCUT2D eigenvalue weighted by atomic mass is 9.94. The maximum atomic E-state index is 13.1. The third-order valence-electron chi connectivity index (χ3n) is 5.68. The van der Waals surface area contributed by atoms with Crippen LogP contribution in [0.4, 0.5) is 5.69 Å². The van der Waals surface area contributed by atoms with Crippen molar-refractivity contribution in [3.05, 3.63) is 74.4 Å². The molecule has 0 aliphatic carbocycles. The van der Waals surface area contributed by atoms with Gasteiger partial charge in [-0.15, -0.1) is 0 Å². The van der Waals surface area contributed by atoms with Crippen LogP contribution in [0.1, 0.15) is 16.8 Å². The van der Waals surface area contributed by atoms with Gasteiger partial charge in [0.05, 0.1) is 17.7 Å². The third kappa shape index (κ3) is 3.23. The van der Waals surface area contributed by atoms with Crippen LogP contribution >= 0.6 is 11.6 Å². The highest BCUT2D eigenvalue weighted by Crippen LogP contribution is 2.32. The number of fused-ring (bicyclic) bond motifs is 4. The average molecular weight is 438 g/mol. The number of amides is 2. The van der Waals surface area contributed by atoms with E-state index in [4.69, 9.17) is 11.6 Å². The van der Waals surface area contributed by atoms with Crippen molar-refractivity contribution in [3.8, 4) is 0 Å². The number of nitro benzene ring substituents is 1. The van der Waals surface area contributed by atoms with E-state index in [1.165, 1.54) is 24.4 Å². The lowest BCUT2D eigenvalue weighted by molar-refractivity contribution is -0.384. The van der Waals surface area contributed by atoms with E-state index in [0.717, 1.165) is 27.2 Å². The number of H-pyrrole nitrogens is 1. The number of non-ortho nitro benzene ring substituents is 1. The molecule has 1 fully saturated rings. The Labute approximate surface area is 181 Å². The molecule has 0 spiro atoms. The number of nitro groups is 1. The van der Waals surface area contributed by atoms with E-state index in [1.807, 2.05) is 24.3 Å². The topological polar surface area (TPSA) is 112 Å². The summed E-state index contributed by atoms with van der Waals surface area (Å²) in [6.07, 6.45) is 1.67. The van der Waals surface area contributed by atoms with E-state index in [1.54, 1.807) is 4.90 Å². The van der Waals surface area contributed by atoms with Crippen molar-refractivity contribution < 1.29 is 14.5 Å². The zero-order chi connectivity index (χ0) is 21.7. The molecule has 1 aromatic heterocycles. The van der Waals surface area contributed by atoms with Crippen molar-refractivity contribution in [2.75, 3.05) is 6.54 Å². The monoisotopic (exact) mass is 437 g/mol. The van der Waals surface area contributed by atoms with Crippen LogP contribution in [-0.4, -0.2) is 50.4 Å². The van der Waals surface area contributed by atoms with E-state index in [-0.39, 0.29) is 29.1 Å². The minimum absolute atomic E-state index is 0.141. The van der Waals surface area contributed by atoms with Crippen molar-refractivity contribution in [2.24, 2.45) is 5.10 Å². The summed E-state index contributed by atoms with van der Waals surface area (Å²) in [5, 5.41) is 17.5. The highest BCUT2D eigenvalue weighted by atomic mass is 35.5. The van der Waals surface area contributed by atoms with Gasteiger partial charge in [0.15, 0.2) is 0 Å². The molecule has 31 heavy (non-hydrogen) atoms. The van der Waals surface area contributed by atoms with Gasteiger partial charge in [-0.1, -0.05) is 29.8 Å². The molecule has 1 saturated heterocycles. The molecule has 0 bridgehead atoms. The van der Waals surface area contributed by atoms with Gasteiger partial charge in [0, 0.05) is 45.7 Å². The Kier molecular flexibility index (Phi) is 4.48. The molecule has 0 radical (unpaired) electrons. The second kappa shape index (κ2) is 7.21. The second-order valence-corrected chi connectivity index (χ2v) is 7.88. The molecule has 2 amide bonds. The molecule has 0 saturated carbocycles. The number of rotatable bonds is 3. The van der Waals surface area contributed by atoms with Crippen LogP contribution < -0.4 is 0 Å². The number of aromatic nitrogens is 1. The number of nitrogens with zero attached hydrogens (tertiary/aromatic N) is 4. The van der Waals surface area contributed by atoms with Crippen LogP contribution in [0.15, 0.2) is 47.6 Å². The molecule has 10 heteroatoms. The molecule has 0 unspecified atom stereocenters. The molecular weight excluding hydrogens is 422 g/mol. The van der Waals surface area contributed by atoms with Gasteiger partial charge in [0.1, 0.15) is 12.6 Å². The minimum atomic E-state index is -0.648. The minimum Gasteiger partial charge on any atom is -0.357 e. The highest BCUT2D eigenvalue weighted by molar-refractivity contribution is 6.33. The molecule has 2 aliphatic rings. The lowest BCUT2D eigenvalue weighted by Gasteiger charge is -2.40.